The Morgan fingerprint density at radius 2 is 1.85 bits per heavy atom. The van der Waals surface area contributed by atoms with E-state index >= 15 is 0 Å². The number of carbonyl (C=O) groups excluding carboxylic acids is 1. The number of nitrogens with zero attached hydrogens (tertiary/aromatic N) is 3. The molecule has 9 nitrogen and oxygen atoms in total. The summed E-state index contributed by atoms with van der Waals surface area (Å²) < 4.78 is 55.4. The van der Waals surface area contributed by atoms with Crippen molar-refractivity contribution in [1.82, 2.24) is 20.3 Å². The highest BCUT2D eigenvalue weighted by Crippen LogP contribution is 2.67. The van der Waals surface area contributed by atoms with E-state index in [2.05, 4.69) is 25.0 Å². The molecule has 0 radical (unpaired) electrons. The van der Waals surface area contributed by atoms with Crippen molar-refractivity contribution in [2.24, 2.45) is 0 Å². The van der Waals surface area contributed by atoms with Gasteiger partial charge in [0, 0.05) is 29.6 Å². The molecule has 3 saturated carbocycles. The Morgan fingerprint density at radius 1 is 1.12 bits per heavy atom. The summed E-state index contributed by atoms with van der Waals surface area (Å²) in [5.74, 6) is 0.505. The van der Waals surface area contributed by atoms with Crippen LogP contribution < -0.4 is 19.5 Å². The molecule has 5 rings (SSSR count). The summed E-state index contributed by atoms with van der Waals surface area (Å²) in [5, 5.41) is 3.04. The van der Waals surface area contributed by atoms with Gasteiger partial charge < -0.3 is 19.5 Å². The molecular weight excluding hydrogens is 445 g/mol. The lowest BCUT2D eigenvalue weighted by Gasteiger charge is -2.71. The van der Waals surface area contributed by atoms with E-state index in [1.54, 1.807) is 6.20 Å². The van der Waals surface area contributed by atoms with Gasteiger partial charge in [-0.25, -0.2) is 4.98 Å². The second-order valence-corrected chi connectivity index (χ2v) is 8.21. The Balaban J connectivity index is 1.20. The van der Waals surface area contributed by atoms with Crippen molar-refractivity contribution in [3.05, 3.63) is 36.3 Å². The molecule has 0 aromatic carbocycles. The molecule has 12 heteroatoms. The predicted octanol–water partition coefficient (Wildman–Crippen LogP) is 2.55. The summed E-state index contributed by atoms with van der Waals surface area (Å²) in [6.45, 7) is -0.543. The van der Waals surface area contributed by atoms with Crippen LogP contribution in [0.15, 0.2) is 30.7 Å². The predicted molar refractivity (Wildman–Crippen MR) is 107 cm³/mol. The molecule has 0 spiro atoms. The quantitative estimate of drug-likeness (QED) is 0.502. The third kappa shape index (κ3) is 5.44. The number of ether oxygens (including phenoxy) is 4. The number of carbonyl (C=O) groups is 1. The number of nitrogens with one attached hydrogen (secondary N) is 1. The summed E-state index contributed by atoms with van der Waals surface area (Å²) in [7, 11) is 1.46. The lowest BCUT2D eigenvalue weighted by Crippen LogP contribution is -2.77. The fourth-order valence-electron chi connectivity index (χ4n) is 4.43. The van der Waals surface area contributed by atoms with Crippen molar-refractivity contribution in [2.45, 2.75) is 43.0 Å². The zero-order valence-corrected chi connectivity index (χ0v) is 17.9. The standard InChI is InChI=1S/C21H23F3N4O5/c1-30-18-26-8-15(9-27-18)32-10-16(29)28-20-11-19(12-20,13-20)14-3-4-25-17(7-14)31-5-2-6-33-21(22,23)24/h3-4,7-9H,2,5-6,10-13H2,1H3,(H,28,29). The highest BCUT2D eigenvalue weighted by atomic mass is 19.4. The normalized spacial score (nSPS) is 23.2. The number of aromatic nitrogens is 3. The first-order chi connectivity index (χ1) is 15.7. The van der Waals surface area contributed by atoms with Gasteiger partial charge in [0.25, 0.3) is 5.91 Å². The summed E-state index contributed by atoms with van der Waals surface area (Å²) in [6, 6.07) is 3.92. The van der Waals surface area contributed by atoms with E-state index in [0.717, 1.165) is 24.8 Å². The van der Waals surface area contributed by atoms with Crippen LogP contribution in [0.2, 0.25) is 0 Å². The molecule has 2 aromatic heterocycles. The highest BCUT2D eigenvalue weighted by Gasteiger charge is 2.69. The second kappa shape index (κ2) is 9.00. The van der Waals surface area contributed by atoms with E-state index in [9.17, 15) is 18.0 Å². The number of hydrogen-bond donors (Lipinski definition) is 1. The molecule has 3 fully saturated rings. The minimum Gasteiger partial charge on any atom is -0.481 e. The van der Waals surface area contributed by atoms with Gasteiger partial charge in [-0.3, -0.25) is 9.53 Å². The smallest absolute Gasteiger partial charge is 0.481 e. The van der Waals surface area contributed by atoms with Crippen molar-refractivity contribution in [1.29, 1.82) is 0 Å². The average molecular weight is 468 g/mol. The summed E-state index contributed by atoms with van der Waals surface area (Å²) in [4.78, 5) is 24.2. The topological polar surface area (TPSA) is 105 Å². The Bertz CT molecular complexity index is 967. The SMILES string of the molecule is COc1ncc(OCC(=O)NC23CC(c4ccnc(OCCCOC(F)(F)F)c4)(C2)C3)cn1. The number of pyridine rings is 1. The largest absolute Gasteiger partial charge is 0.522 e. The van der Waals surface area contributed by atoms with Gasteiger partial charge >= 0.3 is 12.4 Å². The third-order valence-corrected chi connectivity index (χ3v) is 5.74. The number of halogens is 3. The van der Waals surface area contributed by atoms with E-state index < -0.39 is 13.0 Å². The Morgan fingerprint density at radius 3 is 2.52 bits per heavy atom. The van der Waals surface area contributed by atoms with E-state index in [-0.39, 0.29) is 42.5 Å². The lowest BCUT2D eigenvalue weighted by atomic mass is 9.37. The first kappa shape index (κ1) is 23.0. The minimum absolute atomic E-state index is 0.0432. The van der Waals surface area contributed by atoms with Gasteiger partial charge in [0.05, 0.1) is 32.7 Å². The van der Waals surface area contributed by atoms with Gasteiger partial charge in [-0.1, -0.05) is 0 Å². The molecule has 1 amide bonds. The molecule has 2 heterocycles. The second-order valence-electron chi connectivity index (χ2n) is 8.21. The van der Waals surface area contributed by atoms with Gasteiger partial charge in [0.1, 0.15) is 0 Å². The molecule has 1 N–H and O–H groups in total. The van der Waals surface area contributed by atoms with E-state index in [1.807, 2.05) is 12.1 Å². The molecule has 3 aliphatic rings. The zero-order chi connectivity index (χ0) is 23.5. The van der Waals surface area contributed by atoms with Crippen LogP contribution >= 0.6 is 0 Å². The Hall–Kier alpha value is -3.15. The molecule has 0 saturated heterocycles. The van der Waals surface area contributed by atoms with Crippen molar-refractivity contribution >= 4 is 5.91 Å². The molecule has 0 atom stereocenters. The minimum atomic E-state index is -4.64. The maximum Gasteiger partial charge on any atom is 0.522 e. The van der Waals surface area contributed by atoms with Crippen LogP contribution in [0.25, 0.3) is 0 Å². The van der Waals surface area contributed by atoms with E-state index in [1.165, 1.54) is 19.5 Å². The highest BCUT2D eigenvalue weighted by molar-refractivity contribution is 5.79. The summed E-state index contributed by atoms with van der Waals surface area (Å²) in [6.07, 6.45) is 2.32. The fraction of sp³-hybridized carbons (Fsp3) is 0.524. The lowest BCUT2D eigenvalue weighted by molar-refractivity contribution is -0.324. The zero-order valence-electron chi connectivity index (χ0n) is 17.9. The van der Waals surface area contributed by atoms with Crippen LogP contribution in [0.4, 0.5) is 13.2 Å². The van der Waals surface area contributed by atoms with Crippen molar-refractivity contribution in [3.63, 3.8) is 0 Å². The molecule has 178 valence electrons. The van der Waals surface area contributed by atoms with Crippen molar-refractivity contribution in [2.75, 3.05) is 26.9 Å². The molecule has 0 unspecified atom stereocenters. The maximum absolute atomic E-state index is 12.3. The van der Waals surface area contributed by atoms with Crippen LogP contribution in [-0.4, -0.2) is 59.7 Å². The third-order valence-electron chi connectivity index (χ3n) is 5.74. The number of methoxy groups -OCH3 is 1. The molecule has 33 heavy (non-hydrogen) atoms. The maximum atomic E-state index is 12.3. The molecule has 2 bridgehead atoms. The van der Waals surface area contributed by atoms with Crippen molar-refractivity contribution < 1.29 is 36.9 Å². The van der Waals surface area contributed by atoms with Gasteiger partial charge in [-0.2, -0.15) is 9.97 Å². The van der Waals surface area contributed by atoms with Gasteiger partial charge in [-0.05, 0) is 30.9 Å². The fourth-order valence-corrected chi connectivity index (χ4v) is 4.43. The average Bonchev–Trinajstić information content (AvgIpc) is 2.73. The number of hydrogen-bond acceptors (Lipinski definition) is 8. The van der Waals surface area contributed by atoms with Crippen LogP contribution in [0.1, 0.15) is 31.2 Å². The van der Waals surface area contributed by atoms with Gasteiger partial charge in [0.15, 0.2) is 12.4 Å². The molecule has 2 aromatic rings. The van der Waals surface area contributed by atoms with Crippen molar-refractivity contribution in [3.8, 4) is 17.6 Å². The van der Waals surface area contributed by atoms with Gasteiger partial charge in [-0.15, -0.1) is 13.2 Å². The number of rotatable bonds is 11. The van der Waals surface area contributed by atoms with Gasteiger partial charge in [0.2, 0.25) is 5.88 Å². The monoisotopic (exact) mass is 468 g/mol. The molecule has 3 aliphatic carbocycles. The first-order valence-electron chi connectivity index (χ1n) is 10.3. The number of alkyl halides is 3. The van der Waals surface area contributed by atoms with Crippen LogP contribution in [0.5, 0.6) is 17.6 Å². The van der Waals surface area contributed by atoms with Crippen LogP contribution in [0, 0.1) is 0 Å². The Kier molecular flexibility index (Phi) is 6.28. The molecule has 0 aliphatic heterocycles. The number of amides is 1. The summed E-state index contributed by atoms with van der Waals surface area (Å²) >= 11 is 0. The van der Waals surface area contributed by atoms with E-state index in [0.29, 0.717) is 11.6 Å². The van der Waals surface area contributed by atoms with E-state index in [4.69, 9.17) is 14.2 Å². The molecular formula is C21H23F3N4O5. The summed E-state index contributed by atoms with van der Waals surface area (Å²) in [5.41, 5.74) is 0.760. The Labute approximate surface area is 187 Å². The first-order valence-corrected chi connectivity index (χ1v) is 10.3. The van der Waals surface area contributed by atoms with Crippen LogP contribution in [-0.2, 0) is 14.9 Å². The van der Waals surface area contributed by atoms with Crippen LogP contribution in [0.3, 0.4) is 0 Å².